The number of nitro benzene ring substituents is 1. The number of benzene rings is 1. The maximum atomic E-state index is 12.7. The van der Waals surface area contributed by atoms with Crippen molar-refractivity contribution in [3.8, 4) is 0 Å². The number of hydrogen-bond donors (Lipinski definition) is 1. The lowest BCUT2D eigenvalue weighted by Crippen LogP contribution is -2.35. The van der Waals surface area contributed by atoms with E-state index in [-0.39, 0.29) is 30.1 Å². The summed E-state index contributed by atoms with van der Waals surface area (Å²) in [6.07, 6.45) is 5.58. The fourth-order valence-corrected chi connectivity index (χ4v) is 2.58. The highest BCUT2D eigenvalue weighted by Crippen LogP contribution is 2.27. The van der Waals surface area contributed by atoms with Crippen molar-refractivity contribution in [2.24, 2.45) is 0 Å². The van der Waals surface area contributed by atoms with Crippen LogP contribution in [0.2, 0.25) is 0 Å². The van der Waals surface area contributed by atoms with Crippen LogP contribution in [0.5, 0.6) is 0 Å². The number of allylic oxidation sites excluding steroid dienone is 3. The van der Waals surface area contributed by atoms with Gasteiger partial charge in [-0.1, -0.05) is 23.3 Å². The van der Waals surface area contributed by atoms with Crippen molar-refractivity contribution in [2.45, 2.75) is 40.5 Å². The molecule has 0 unspecified atom stereocenters. The number of carbonyl (C=O) groups excluding carboxylic acids is 1. The Bertz CT molecular complexity index is 809. The zero-order valence-electron chi connectivity index (χ0n) is 17.3. The summed E-state index contributed by atoms with van der Waals surface area (Å²) in [5.74, 6) is -1.74. The van der Waals surface area contributed by atoms with Gasteiger partial charge in [-0.25, -0.2) is 4.79 Å². The molecule has 0 aliphatic rings. The number of carbonyl (C=O) groups is 2. The molecule has 0 atom stereocenters. The molecule has 158 valence electrons. The molecule has 1 amide bonds. The lowest BCUT2D eigenvalue weighted by Gasteiger charge is -2.23. The SMILES string of the molecule is CCOCC(=O)N(C/C=C(\C)CCC=C(C)C)c1cc([N+](=O)[O-])ccc1C(=O)O. The van der Waals surface area contributed by atoms with Gasteiger partial charge in [-0.2, -0.15) is 0 Å². The van der Waals surface area contributed by atoms with Gasteiger partial charge in [0.05, 0.1) is 16.2 Å². The molecule has 0 saturated carbocycles. The number of nitrogens with zero attached hydrogens (tertiary/aromatic N) is 2. The summed E-state index contributed by atoms with van der Waals surface area (Å²) in [6, 6.07) is 3.36. The molecule has 0 heterocycles. The summed E-state index contributed by atoms with van der Waals surface area (Å²) in [5, 5.41) is 20.6. The predicted molar refractivity (Wildman–Crippen MR) is 111 cm³/mol. The zero-order valence-corrected chi connectivity index (χ0v) is 17.3. The van der Waals surface area contributed by atoms with Crippen molar-refractivity contribution >= 4 is 23.3 Å². The molecular formula is C21H28N2O6. The number of non-ortho nitro benzene ring substituents is 1. The Kier molecular flexibility index (Phi) is 9.74. The standard InChI is InChI=1S/C21H28N2O6/c1-5-29-14-20(24)22(12-11-16(4)8-6-7-15(2)3)19-13-17(23(27)28)9-10-18(19)21(25)26/h7,9-11,13H,5-6,8,12,14H2,1-4H3,(H,25,26)/b16-11+. The summed E-state index contributed by atoms with van der Waals surface area (Å²) in [6.45, 7) is 7.86. The van der Waals surface area contributed by atoms with Crippen LogP contribution in [-0.4, -0.2) is 41.7 Å². The molecule has 1 rings (SSSR count). The number of nitro groups is 1. The van der Waals surface area contributed by atoms with Crippen molar-refractivity contribution in [1.29, 1.82) is 0 Å². The number of rotatable bonds is 11. The Morgan fingerprint density at radius 1 is 1.24 bits per heavy atom. The highest BCUT2D eigenvalue weighted by atomic mass is 16.6. The quantitative estimate of drug-likeness (QED) is 0.333. The van der Waals surface area contributed by atoms with E-state index in [1.54, 1.807) is 6.92 Å². The molecule has 0 saturated heterocycles. The highest BCUT2D eigenvalue weighted by Gasteiger charge is 2.24. The minimum Gasteiger partial charge on any atom is -0.478 e. The monoisotopic (exact) mass is 404 g/mol. The van der Waals surface area contributed by atoms with E-state index in [0.29, 0.717) is 6.61 Å². The first-order valence-corrected chi connectivity index (χ1v) is 9.36. The maximum Gasteiger partial charge on any atom is 0.337 e. The van der Waals surface area contributed by atoms with Gasteiger partial charge in [0.1, 0.15) is 6.61 Å². The first-order valence-electron chi connectivity index (χ1n) is 9.36. The Labute approximate surface area is 170 Å². The molecule has 0 aromatic heterocycles. The topological polar surface area (TPSA) is 110 Å². The molecule has 0 radical (unpaired) electrons. The molecule has 0 aliphatic carbocycles. The number of ether oxygens (including phenoxy) is 1. The average Bonchev–Trinajstić information content (AvgIpc) is 2.65. The number of aromatic carboxylic acids is 1. The summed E-state index contributed by atoms with van der Waals surface area (Å²) in [5.41, 5.74) is 1.75. The normalized spacial score (nSPS) is 11.1. The van der Waals surface area contributed by atoms with E-state index in [1.165, 1.54) is 10.5 Å². The van der Waals surface area contributed by atoms with E-state index in [9.17, 15) is 24.8 Å². The second-order valence-electron chi connectivity index (χ2n) is 6.78. The van der Waals surface area contributed by atoms with Crippen LogP contribution in [0.3, 0.4) is 0 Å². The lowest BCUT2D eigenvalue weighted by atomic mass is 10.1. The number of carboxylic acid groups (broad SMARTS) is 1. The molecule has 0 spiro atoms. The summed E-state index contributed by atoms with van der Waals surface area (Å²) in [7, 11) is 0. The Morgan fingerprint density at radius 2 is 1.93 bits per heavy atom. The molecular weight excluding hydrogens is 376 g/mol. The predicted octanol–water partition coefficient (Wildman–Crippen LogP) is 4.36. The minimum absolute atomic E-state index is 0.0234. The van der Waals surface area contributed by atoms with Crippen LogP contribution in [0.1, 0.15) is 50.9 Å². The molecule has 29 heavy (non-hydrogen) atoms. The van der Waals surface area contributed by atoms with E-state index < -0.39 is 16.8 Å². The Balaban J connectivity index is 3.26. The van der Waals surface area contributed by atoms with Gasteiger partial charge in [0.25, 0.3) is 11.6 Å². The van der Waals surface area contributed by atoms with Gasteiger partial charge in [-0.3, -0.25) is 14.9 Å². The smallest absolute Gasteiger partial charge is 0.337 e. The van der Waals surface area contributed by atoms with Crippen molar-refractivity contribution in [2.75, 3.05) is 24.7 Å². The zero-order chi connectivity index (χ0) is 22.0. The molecule has 8 heteroatoms. The van der Waals surface area contributed by atoms with Crippen LogP contribution < -0.4 is 4.90 Å². The van der Waals surface area contributed by atoms with Crippen LogP contribution in [-0.2, 0) is 9.53 Å². The van der Waals surface area contributed by atoms with Crippen LogP contribution in [0.25, 0.3) is 0 Å². The van der Waals surface area contributed by atoms with E-state index >= 15 is 0 Å². The van der Waals surface area contributed by atoms with Crippen LogP contribution in [0.15, 0.2) is 41.5 Å². The molecule has 1 aromatic carbocycles. The minimum atomic E-state index is -1.27. The van der Waals surface area contributed by atoms with E-state index in [1.807, 2.05) is 26.8 Å². The fraction of sp³-hybridized carbons (Fsp3) is 0.429. The van der Waals surface area contributed by atoms with Gasteiger partial charge in [0.2, 0.25) is 0 Å². The first kappa shape index (κ1) is 24.0. The lowest BCUT2D eigenvalue weighted by molar-refractivity contribution is -0.384. The number of hydrogen-bond acceptors (Lipinski definition) is 5. The summed E-state index contributed by atoms with van der Waals surface area (Å²) >= 11 is 0. The number of anilines is 1. The third-order valence-corrected chi connectivity index (χ3v) is 4.16. The van der Waals surface area contributed by atoms with Crippen molar-refractivity contribution in [3.63, 3.8) is 0 Å². The van der Waals surface area contributed by atoms with E-state index in [0.717, 1.165) is 36.6 Å². The molecule has 0 bridgehead atoms. The van der Waals surface area contributed by atoms with Gasteiger partial charge < -0.3 is 14.7 Å². The van der Waals surface area contributed by atoms with Crippen molar-refractivity contribution in [1.82, 2.24) is 0 Å². The molecule has 0 fully saturated rings. The largest absolute Gasteiger partial charge is 0.478 e. The van der Waals surface area contributed by atoms with Gasteiger partial charge in [-0.15, -0.1) is 0 Å². The van der Waals surface area contributed by atoms with E-state index in [2.05, 4.69) is 6.08 Å². The van der Waals surface area contributed by atoms with Gasteiger partial charge in [0, 0.05) is 25.3 Å². The maximum absolute atomic E-state index is 12.7. The van der Waals surface area contributed by atoms with Crippen LogP contribution in [0.4, 0.5) is 11.4 Å². The fourth-order valence-electron chi connectivity index (χ4n) is 2.58. The number of amides is 1. The highest BCUT2D eigenvalue weighted by molar-refractivity contribution is 6.03. The van der Waals surface area contributed by atoms with Gasteiger partial charge in [0.15, 0.2) is 0 Å². The van der Waals surface area contributed by atoms with Crippen molar-refractivity contribution in [3.05, 3.63) is 57.2 Å². The van der Waals surface area contributed by atoms with E-state index in [4.69, 9.17) is 4.74 Å². The van der Waals surface area contributed by atoms with Gasteiger partial charge >= 0.3 is 5.97 Å². The van der Waals surface area contributed by atoms with Gasteiger partial charge in [-0.05, 0) is 46.6 Å². The van der Waals surface area contributed by atoms with Crippen molar-refractivity contribution < 1.29 is 24.4 Å². The third kappa shape index (κ3) is 7.87. The molecule has 8 nitrogen and oxygen atoms in total. The Hall–Kier alpha value is -3.00. The molecule has 0 aliphatic heterocycles. The Morgan fingerprint density at radius 3 is 2.48 bits per heavy atom. The first-order chi connectivity index (χ1) is 13.7. The van der Waals surface area contributed by atoms with Crippen LogP contribution in [0, 0.1) is 10.1 Å². The van der Waals surface area contributed by atoms with Crippen LogP contribution >= 0.6 is 0 Å². The second kappa shape index (κ2) is 11.8. The molecule has 1 N–H and O–H groups in total. The second-order valence-corrected chi connectivity index (χ2v) is 6.78. The average molecular weight is 404 g/mol. The number of carboxylic acids is 1. The third-order valence-electron chi connectivity index (χ3n) is 4.16. The molecule has 1 aromatic rings. The summed E-state index contributed by atoms with van der Waals surface area (Å²) in [4.78, 5) is 36.0. The summed E-state index contributed by atoms with van der Waals surface area (Å²) < 4.78 is 5.17.